The number of hydrogen-bond acceptors (Lipinski definition) is 3. The number of aryl methyl sites for hydroxylation is 1. The number of nitrogens with zero attached hydrogens (tertiary/aromatic N) is 3. The van der Waals surface area contributed by atoms with E-state index in [2.05, 4.69) is 11.7 Å². The average molecular weight is 388 g/mol. The molecule has 0 amide bonds. The number of halogens is 2. The van der Waals surface area contributed by atoms with Gasteiger partial charge in [-0.15, -0.1) is 6.58 Å². The van der Waals surface area contributed by atoms with Gasteiger partial charge in [-0.2, -0.15) is 9.40 Å². The van der Waals surface area contributed by atoms with E-state index in [1.165, 1.54) is 29.6 Å². The monoisotopic (exact) mass is 387 g/mol. The molecule has 2 rings (SSSR count). The van der Waals surface area contributed by atoms with Gasteiger partial charge in [0.05, 0.1) is 17.1 Å². The van der Waals surface area contributed by atoms with Crippen LogP contribution in [0.3, 0.4) is 0 Å². The molecule has 0 aliphatic rings. The highest BCUT2D eigenvalue weighted by molar-refractivity contribution is 7.89. The highest BCUT2D eigenvalue weighted by Crippen LogP contribution is 2.26. The number of rotatable bonds is 6. The Morgan fingerprint density at radius 2 is 1.83 bits per heavy atom. The summed E-state index contributed by atoms with van der Waals surface area (Å²) in [4.78, 5) is 0.0660. The zero-order valence-electron chi connectivity index (χ0n) is 13.8. The van der Waals surface area contributed by atoms with Crippen LogP contribution in [0.25, 0.3) is 0 Å². The Balaban J connectivity index is 2.35. The molecule has 24 heavy (non-hydrogen) atoms. The molecule has 0 unspecified atom stereocenters. The van der Waals surface area contributed by atoms with Gasteiger partial charge in [0.15, 0.2) is 0 Å². The van der Waals surface area contributed by atoms with Crippen molar-refractivity contribution in [3.05, 3.63) is 57.9 Å². The summed E-state index contributed by atoms with van der Waals surface area (Å²) in [5, 5.41) is 4.97. The molecule has 0 atom stereocenters. The van der Waals surface area contributed by atoms with E-state index in [0.29, 0.717) is 6.54 Å². The third kappa shape index (κ3) is 3.83. The van der Waals surface area contributed by atoms with Gasteiger partial charge >= 0.3 is 0 Å². The zero-order valence-corrected chi connectivity index (χ0v) is 16.1. The highest BCUT2D eigenvalue weighted by atomic mass is 35.5. The highest BCUT2D eigenvalue weighted by Gasteiger charge is 2.24. The van der Waals surface area contributed by atoms with E-state index in [-0.39, 0.29) is 21.5 Å². The van der Waals surface area contributed by atoms with Crippen LogP contribution in [-0.2, 0) is 23.1 Å². The van der Waals surface area contributed by atoms with E-state index in [9.17, 15) is 8.42 Å². The van der Waals surface area contributed by atoms with Crippen LogP contribution in [0, 0.1) is 13.8 Å². The summed E-state index contributed by atoms with van der Waals surface area (Å²) in [6, 6.07) is 4.27. The molecule has 8 heteroatoms. The minimum atomic E-state index is -3.71. The van der Waals surface area contributed by atoms with Crippen LogP contribution < -0.4 is 0 Å². The topological polar surface area (TPSA) is 55.2 Å². The number of allylic oxidation sites excluding steroid dienone is 1. The molecule has 0 N–H and O–H groups in total. The predicted molar refractivity (Wildman–Crippen MR) is 97.0 cm³/mol. The summed E-state index contributed by atoms with van der Waals surface area (Å²) < 4.78 is 28.6. The lowest BCUT2D eigenvalue weighted by atomic mass is 10.2. The van der Waals surface area contributed by atoms with Crippen molar-refractivity contribution in [3.63, 3.8) is 0 Å². The minimum absolute atomic E-state index is 0.0660. The Bertz CT molecular complexity index is 855. The summed E-state index contributed by atoms with van der Waals surface area (Å²) in [5.41, 5.74) is 2.58. The second-order valence-corrected chi connectivity index (χ2v) is 8.40. The van der Waals surface area contributed by atoms with Gasteiger partial charge in [0.1, 0.15) is 0 Å². The lowest BCUT2D eigenvalue weighted by molar-refractivity contribution is 0.465. The first-order chi connectivity index (χ1) is 11.2. The van der Waals surface area contributed by atoms with Crippen molar-refractivity contribution in [2.45, 2.75) is 31.8 Å². The van der Waals surface area contributed by atoms with Gasteiger partial charge in [0.25, 0.3) is 0 Å². The molecular formula is C16H19Cl2N3O2S. The largest absolute Gasteiger partial charge is 0.265 e. The van der Waals surface area contributed by atoms with E-state index < -0.39 is 10.0 Å². The lowest BCUT2D eigenvalue weighted by Gasteiger charge is -2.18. The molecule has 0 saturated carbocycles. The van der Waals surface area contributed by atoms with Crippen molar-refractivity contribution < 1.29 is 8.42 Å². The molecule has 2 aromatic rings. The lowest BCUT2D eigenvalue weighted by Crippen LogP contribution is -2.27. The summed E-state index contributed by atoms with van der Waals surface area (Å²) in [6.07, 6.45) is 1.75. The summed E-state index contributed by atoms with van der Waals surface area (Å²) in [7, 11) is -2.19. The van der Waals surface area contributed by atoms with Gasteiger partial charge in [0.2, 0.25) is 10.0 Å². The molecule has 0 saturated heterocycles. The molecule has 0 aliphatic carbocycles. The number of aromatic nitrogens is 2. The Hall–Kier alpha value is -1.34. The van der Waals surface area contributed by atoms with Crippen LogP contribution in [0.5, 0.6) is 0 Å². The Morgan fingerprint density at radius 3 is 2.38 bits per heavy atom. The molecule has 130 valence electrons. The SMILES string of the molecule is C=CCn1nc(C)c(CN(C)S(=O)(=O)c2cc(Cl)cc(Cl)c2)c1C. The number of hydrogen-bond donors (Lipinski definition) is 0. The maximum atomic E-state index is 12.8. The minimum Gasteiger partial charge on any atom is -0.265 e. The van der Waals surface area contributed by atoms with Crippen molar-refractivity contribution in [3.8, 4) is 0 Å². The Labute approximate surface area is 152 Å². The number of sulfonamides is 1. The van der Waals surface area contributed by atoms with Crippen molar-refractivity contribution >= 4 is 33.2 Å². The summed E-state index contributed by atoms with van der Waals surface area (Å²) in [6.45, 7) is 8.26. The van der Waals surface area contributed by atoms with Crippen LogP contribution in [0.15, 0.2) is 35.7 Å². The van der Waals surface area contributed by atoms with Crippen LogP contribution >= 0.6 is 23.2 Å². The number of benzene rings is 1. The molecule has 1 aromatic heterocycles. The molecule has 5 nitrogen and oxygen atoms in total. The standard InChI is InChI=1S/C16H19Cl2N3O2S/c1-5-6-21-12(3)16(11(2)19-21)10-20(4)24(22,23)15-8-13(17)7-14(18)9-15/h5,7-9H,1,6,10H2,2-4H3. The molecular weight excluding hydrogens is 369 g/mol. The van der Waals surface area contributed by atoms with E-state index in [4.69, 9.17) is 23.2 Å². The first-order valence-electron chi connectivity index (χ1n) is 7.23. The quantitative estimate of drug-likeness (QED) is 0.707. The van der Waals surface area contributed by atoms with Gasteiger partial charge in [-0.05, 0) is 32.0 Å². The van der Waals surface area contributed by atoms with Crippen LogP contribution in [0.1, 0.15) is 17.0 Å². The average Bonchev–Trinajstić information content (AvgIpc) is 2.74. The second kappa shape index (κ2) is 7.27. The Morgan fingerprint density at radius 1 is 1.25 bits per heavy atom. The molecule has 0 aliphatic heterocycles. The van der Waals surface area contributed by atoms with E-state index >= 15 is 0 Å². The Kier molecular flexibility index (Phi) is 5.75. The van der Waals surface area contributed by atoms with Crippen molar-refractivity contribution in [2.24, 2.45) is 0 Å². The van der Waals surface area contributed by atoms with E-state index in [1.54, 1.807) is 10.8 Å². The van der Waals surface area contributed by atoms with Gasteiger partial charge < -0.3 is 0 Å². The van der Waals surface area contributed by atoms with Gasteiger partial charge in [-0.3, -0.25) is 4.68 Å². The molecule has 1 heterocycles. The maximum Gasteiger partial charge on any atom is 0.243 e. The fourth-order valence-electron chi connectivity index (χ4n) is 2.43. The third-order valence-electron chi connectivity index (χ3n) is 3.76. The van der Waals surface area contributed by atoms with E-state index in [1.807, 2.05) is 13.8 Å². The van der Waals surface area contributed by atoms with Crippen molar-refractivity contribution in [2.75, 3.05) is 7.05 Å². The first kappa shape index (κ1) is 19.0. The zero-order chi connectivity index (χ0) is 18.1. The van der Waals surface area contributed by atoms with Crippen LogP contribution in [0.2, 0.25) is 10.0 Å². The molecule has 0 bridgehead atoms. The van der Waals surface area contributed by atoms with Crippen molar-refractivity contribution in [1.29, 1.82) is 0 Å². The molecule has 0 spiro atoms. The van der Waals surface area contributed by atoms with Crippen LogP contribution in [-0.4, -0.2) is 29.6 Å². The molecule has 0 fully saturated rings. The van der Waals surface area contributed by atoms with Gasteiger partial charge in [0, 0.05) is 34.9 Å². The fourth-order valence-corrected chi connectivity index (χ4v) is 4.29. The summed E-state index contributed by atoms with van der Waals surface area (Å²) >= 11 is 11.8. The second-order valence-electron chi connectivity index (χ2n) is 5.49. The van der Waals surface area contributed by atoms with Crippen molar-refractivity contribution in [1.82, 2.24) is 14.1 Å². The van der Waals surface area contributed by atoms with Crippen LogP contribution in [0.4, 0.5) is 0 Å². The maximum absolute atomic E-state index is 12.8. The van der Waals surface area contributed by atoms with Gasteiger partial charge in [-0.1, -0.05) is 29.3 Å². The smallest absolute Gasteiger partial charge is 0.243 e. The molecule has 0 radical (unpaired) electrons. The molecule has 1 aromatic carbocycles. The predicted octanol–water partition coefficient (Wildman–Crippen LogP) is 3.81. The summed E-state index contributed by atoms with van der Waals surface area (Å²) in [5.74, 6) is 0. The fraction of sp³-hybridized carbons (Fsp3) is 0.312. The normalized spacial score (nSPS) is 11.9. The van der Waals surface area contributed by atoms with Gasteiger partial charge in [-0.25, -0.2) is 8.42 Å². The van der Waals surface area contributed by atoms with E-state index in [0.717, 1.165) is 17.0 Å². The third-order valence-corrected chi connectivity index (χ3v) is 5.98. The first-order valence-corrected chi connectivity index (χ1v) is 9.42.